The first-order valence-electron chi connectivity index (χ1n) is 8.17. The summed E-state index contributed by atoms with van der Waals surface area (Å²) >= 11 is 0. The van der Waals surface area contributed by atoms with E-state index < -0.39 is 0 Å². The van der Waals surface area contributed by atoms with Crippen LogP contribution in [0.15, 0.2) is 0 Å². The van der Waals surface area contributed by atoms with Gasteiger partial charge in [0, 0.05) is 6.04 Å². The molecule has 1 saturated carbocycles. The SMILES string of the molecule is CCC(CC)N1C(=O)C(C)(CC)NC1C1CCCC1. The van der Waals surface area contributed by atoms with Gasteiger partial charge in [0.2, 0.25) is 5.91 Å². The first kappa shape index (κ1) is 14.8. The largest absolute Gasteiger partial charge is 0.322 e. The van der Waals surface area contributed by atoms with Gasteiger partial charge in [0.05, 0.1) is 11.7 Å². The summed E-state index contributed by atoms with van der Waals surface area (Å²) in [5, 5.41) is 3.68. The van der Waals surface area contributed by atoms with Gasteiger partial charge in [0.25, 0.3) is 0 Å². The number of carbonyl (C=O) groups excluding carboxylic acids is 1. The first-order chi connectivity index (χ1) is 9.07. The van der Waals surface area contributed by atoms with Crippen molar-refractivity contribution in [2.24, 2.45) is 5.92 Å². The summed E-state index contributed by atoms with van der Waals surface area (Å²) < 4.78 is 0. The number of carbonyl (C=O) groups is 1. The van der Waals surface area contributed by atoms with Gasteiger partial charge < -0.3 is 4.90 Å². The third-order valence-electron chi connectivity index (χ3n) is 5.36. The third kappa shape index (κ3) is 2.54. The van der Waals surface area contributed by atoms with Crippen LogP contribution in [0.2, 0.25) is 0 Å². The average Bonchev–Trinajstić information content (AvgIpc) is 3.02. The van der Waals surface area contributed by atoms with Gasteiger partial charge in [-0.2, -0.15) is 0 Å². The Morgan fingerprint density at radius 1 is 1.26 bits per heavy atom. The topological polar surface area (TPSA) is 32.3 Å². The van der Waals surface area contributed by atoms with Gasteiger partial charge in [-0.3, -0.25) is 10.1 Å². The fourth-order valence-electron chi connectivity index (χ4n) is 3.82. The molecule has 1 aliphatic carbocycles. The van der Waals surface area contributed by atoms with E-state index >= 15 is 0 Å². The molecule has 0 bridgehead atoms. The third-order valence-corrected chi connectivity index (χ3v) is 5.36. The minimum absolute atomic E-state index is 0.282. The van der Waals surface area contributed by atoms with E-state index in [-0.39, 0.29) is 11.7 Å². The van der Waals surface area contributed by atoms with Gasteiger partial charge in [-0.25, -0.2) is 0 Å². The Kier molecular flexibility index (Phi) is 4.54. The van der Waals surface area contributed by atoms with Crippen LogP contribution in [0.5, 0.6) is 0 Å². The van der Waals surface area contributed by atoms with Gasteiger partial charge in [-0.05, 0) is 44.9 Å². The highest BCUT2D eigenvalue weighted by atomic mass is 16.2. The van der Waals surface area contributed by atoms with Crippen molar-refractivity contribution in [2.75, 3.05) is 0 Å². The normalized spacial score (nSPS) is 32.8. The van der Waals surface area contributed by atoms with Crippen LogP contribution in [-0.4, -0.2) is 28.6 Å². The van der Waals surface area contributed by atoms with Crippen LogP contribution in [-0.2, 0) is 4.79 Å². The Morgan fingerprint density at radius 3 is 2.32 bits per heavy atom. The van der Waals surface area contributed by atoms with E-state index in [1.807, 2.05) is 0 Å². The van der Waals surface area contributed by atoms with Crippen molar-refractivity contribution in [2.45, 2.75) is 90.4 Å². The Bertz CT molecular complexity index is 321. The molecule has 2 unspecified atom stereocenters. The zero-order valence-corrected chi connectivity index (χ0v) is 13.0. The highest BCUT2D eigenvalue weighted by molar-refractivity contribution is 5.88. The number of nitrogens with one attached hydrogen (secondary N) is 1. The predicted molar refractivity (Wildman–Crippen MR) is 78.8 cm³/mol. The predicted octanol–water partition coefficient (Wildman–Crippen LogP) is 3.29. The van der Waals surface area contributed by atoms with Crippen LogP contribution in [0.1, 0.15) is 72.6 Å². The van der Waals surface area contributed by atoms with Crippen molar-refractivity contribution in [3.8, 4) is 0 Å². The van der Waals surface area contributed by atoms with Crippen molar-refractivity contribution in [3.05, 3.63) is 0 Å². The molecule has 0 aromatic carbocycles. The summed E-state index contributed by atoms with van der Waals surface area (Å²) in [7, 11) is 0. The zero-order chi connectivity index (χ0) is 14.0. The molecule has 110 valence electrons. The van der Waals surface area contributed by atoms with Gasteiger partial charge in [-0.1, -0.05) is 33.6 Å². The lowest BCUT2D eigenvalue weighted by atomic mass is 9.98. The van der Waals surface area contributed by atoms with E-state index in [2.05, 4.69) is 37.9 Å². The molecule has 0 aromatic rings. The standard InChI is InChI=1S/C16H30N2O/c1-5-13(6-2)18-14(12-10-8-9-11-12)17-16(4,7-3)15(18)19/h12-14,17H,5-11H2,1-4H3. The molecular formula is C16H30N2O. The molecule has 3 nitrogen and oxygen atoms in total. The van der Waals surface area contributed by atoms with Crippen molar-refractivity contribution >= 4 is 5.91 Å². The summed E-state index contributed by atoms with van der Waals surface area (Å²) in [6, 6.07) is 0.402. The molecule has 1 N–H and O–H groups in total. The van der Waals surface area contributed by atoms with Crippen molar-refractivity contribution in [3.63, 3.8) is 0 Å². The molecule has 2 rings (SSSR count). The van der Waals surface area contributed by atoms with E-state index in [9.17, 15) is 4.79 Å². The van der Waals surface area contributed by atoms with Crippen LogP contribution in [0.3, 0.4) is 0 Å². The minimum Gasteiger partial charge on any atom is -0.322 e. The van der Waals surface area contributed by atoms with Crippen LogP contribution < -0.4 is 5.32 Å². The molecule has 2 aliphatic rings. The lowest BCUT2D eigenvalue weighted by Crippen LogP contribution is -2.47. The first-order valence-corrected chi connectivity index (χ1v) is 8.17. The number of hydrogen-bond acceptors (Lipinski definition) is 2. The van der Waals surface area contributed by atoms with Crippen molar-refractivity contribution in [1.82, 2.24) is 10.2 Å². The zero-order valence-electron chi connectivity index (χ0n) is 13.0. The Balaban J connectivity index is 2.25. The van der Waals surface area contributed by atoms with Gasteiger partial charge in [-0.15, -0.1) is 0 Å². The molecule has 0 radical (unpaired) electrons. The van der Waals surface area contributed by atoms with E-state index in [1.165, 1.54) is 25.7 Å². The van der Waals surface area contributed by atoms with Gasteiger partial charge in [0.15, 0.2) is 0 Å². The molecule has 1 saturated heterocycles. The molecule has 2 fully saturated rings. The maximum Gasteiger partial charge on any atom is 0.244 e. The number of amides is 1. The number of hydrogen-bond donors (Lipinski definition) is 1. The lowest BCUT2D eigenvalue weighted by Gasteiger charge is -2.34. The highest BCUT2D eigenvalue weighted by Gasteiger charge is 2.50. The van der Waals surface area contributed by atoms with E-state index in [0.29, 0.717) is 17.9 Å². The minimum atomic E-state index is -0.337. The summed E-state index contributed by atoms with van der Waals surface area (Å²) in [5.74, 6) is 0.999. The fourth-order valence-corrected chi connectivity index (χ4v) is 3.82. The average molecular weight is 266 g/mol. The Morgan fingerprint density at radius 2 is 1.84 bits per heavy atom. The number of nitrogens with zero attached hydrogens (tertiary/aromatic N) is 1. The van der Waals surface area contributed by atoms with Gasteiger partial charge in [0.1, 0.15) is 0 Å². The summed E-state index contributed by atoms with van der Waals surface area (Å²) in [6.45, 7) is 8.61. The van der Waals surface area contributed by atoms with E-state index in [0.717, 1.165) is 19.3 Å². The summed E-state index contributed by atoms with van der Waals surface area (Å²) in [5.41, 5.74) is -0.337. The van der Waals surface area contributed by atoms with Crippen LogP contribution in [0.4, 0.5) is 0 Å². The molecule has 1 amide bonds. The highest BCUT2D eigenvalue weighted by Crippen LogP contribution is 2.37. The summed E-state index contributed by atoms with van der Waals surface area (Å²) in [4.78, 5) is 15.1. The molecule has 1 heterocycles. The fraction of sp³-hybridized carbons (Fsp3) is 0.938. The van der Waals surface area contributed by atoms with Crippen LogP contribution in [0, 0.1) is 5.92 Å². The van der Waals surface area contributed by atoms with Crippen molar-refractivity contribution < 1.29 is 4.79 Å². The monoisotopic (exact) mass is 266 g/mol. The molecule has 1 aliphatic heterocycles. The molecule has 0 spiro atoms. The second kappa shape index (κ2) is 5.82. The maximum absolute atomic E-state index is 12.8. The molecule has 19 heavy (non-hydrogen) atoms. The second-order valence-electron chi connectivity index (χ2n) is 6.50. The Labute approximate surface area is 118 Å². The second-order valence-corrected chi connectivity index (χ2v) is 6.50. The molecular weight excluding hydrogens is 236 g/mol. The smallest absolute Gasteiger partial charge is 0.244 e. The summed E-state index contributed by atoms with van der Waals surface area (Å²) in [6.07, 6.45) is 8.51. The van der Waals surface area contributed by atoms with E-state index in [1.54, 1.807) is 0 Å². The molecule has 3 heteroatoms. The quantitative estimate of drug-likeness (QED) is 0.828. The van der Waals surface area contributed by atoms with Crippen LogP contribution in [0.25, 0.3) is 0 Å². The van der Waals surface area contributed by atoms with Crippen molar-refractivity contribution in [1.29, 1.82) is 0 Å². The maximum atomic E-state index is 12.8. The Hall–Kier alpha value is -0.570. The van der Waals surface area contributed by atoms with Crippen LogP contribution >= 0.6 is 0 Å². The van der Waals surface area contributed by atoms with E-state index in [4.69, 9.17) is 0 Å². The number of rotatable bonds is 5. The van der Waals surface area contributed by atoms with Gasteiger partial charge >= 0.3 is 0 Å². The molecule has 0 aromatic heterocycles. The lowest BCUT2D eigenvalue weighted by molar-refractivity contribution is -0.135. The molecule has 2 atom stereocenters.